The summed E-state index contributed by atoms with van der Waals surface area (Å²) < 4.78 is 2.13. The van der Waals surface area contributed by atoms with E-state index in [1.54, 1.807) is 6.08 Å². The Bertz CT molecular complexity index is 1330. The summed E-state index contributed by atoms with van der Waals surface area (Å²) in [6.07, 6.45) is 8.07. The van der Waals surface area contributed by atoms with E-state index in [2.05, 4.69) is 34.1 Å². The number of hydrogen-bond donors (Lipinski definition) is 1. The average molecular weight is 482 g/mol. The van der Waals surface area contributed by atoms with E-state index in [9.17, 15) is 14.4 Å². The number of nitrogens with zero attached hydrogens (tertiary/aromatic N) is 2. The monoisotopic (exact) mass is 481 g/mol. The average Bonchev–Trinajstić information content (AvgIpc) is 3.18. The van der Waals surface area contributed by atoms with Crippen LogP contribution in [0.15, 0.2) is 66.2 Å². The first-order valence-electron chi connectivity index (χ1n) is 12.6. The lowest BCUT2D eigenvalue weighted by molar-refractivity contribution is -0.130. The number of benzene rings is 2. The lowest BCUT2D eigenvalue weighted by atomic mass is 9.84. The summed E-state index contributed by atoms with van der Waals surface area (Å²) in [6.45, 7) is 4.09. The predicted molar refractivity (Wildman–Crippen MR) is 140 cm³/mol. The molecule has 5 rings (SSSR count). The van der Waals surface area contributed by atoms with Gasteiger partial charge in [0.25, 0.3) is 11.8 Å². The minimum atomic E-state index is -0.700. The van der Waals surface area contributed by atoms with Crippen molar-refractivity contribution >= 4 is 23.9 Å². The van der Waals surface area contributed by atoms with Gasteiger partial charge in [-0.15, -0.1) is 0 Å². The second-order valence-corrected chi connectivity index (χ2v) is 9.78. The molecule has 3 aromatic rings. The highest BCUT2D eigenvalue weighted by atomic mass is 16.2. The Labute approximate surface area is 211 Å². The van der Waals surface area contributed by atoms with Crippen molar-refractivity contribution < 1.29 is 14.4 Å². The third-order valence-corrected chi connectivity index (χ3v) is 7.37. The Morgan fingerprint density at radius 1 is 0.917 bits per heavy atom. The van der Waals surface area contributed by atoms with Gasteiger partial charge in [-0.05, 0) is 73.6 Å². The zero-order chi connectivity index (χ0) is 25.2. The van der Waals surface area contributed by atoms with Gasteiger partial charge in [-0.25, -0.2) is 4.79 Å². The second-order valence-electron chi connectivity index (χ2n) is 9.78. The molecule has 1 aliphatic heterocycles. The summed E-state index contributed by atoms with van der Waals surface area (Å²) in [5, 5.41) is 2.31. The van der Waals surface area contributed by atoms with Gasteiger partial charge in [-0.2, -0.15) is 0 Å². The Balaban J connectivity index is 1.42. The van der Waals surface area contributed by atoms with Crippen LogP contribution in [0.5, 0.6) is 0 Å². The molecule has 0 radical (unpaired) electrons. The maximum atomic E-state index is 13.2. The number of amides is 4. The summed E-state index contributed by atoms with van der Waals surface area (Å²) >= 11 is 0. The van der Waals surface area contributed by atoms with E-state index < -0.39 is 17.8 Å². The van der Waals surface area contributed by atoms with E-state index in [1.807, 2.05) is 50.2 Å². The molecule has 0 unspecified atom stereocenters. The molecule has 1 saturated heterocycles. The molecule has 2 heterocycles. The number of carbonyl (C=O) groups excluding carboxylic acids is 3. The minimum absolute atomic E-state index is 0.0431. The fourth-order valence-electron chi connectivity index (χ4n) is 5.42. The summed E-state index contributed by atoms with van der Waals surface area (Å²) in [5.41, 5.74) is 5.92. The molecule has 1 N–H and O–H groups in total. The van der Waals surface area contributed by atoms with Gasteiger partial charge in [-0.1, -0.05) is 61.7 Å². The maximum absolute atomic E-state index is 13.2. The molecule has 2 fully saturated rings. The van der Waals surface area contributed by atoms with Gasteiger partial charge in [0.2, 0.25) is 0 Å². The van der Waals surface area contributed by atoms with E-state index in [1.165, 1.54) is 37.7 Å². The van der Waals surface area contributed by atoms with Crippen LogP contribution in [0, 0.1) is 13.8 Å². The number of rotatable bonds is 5. The van der Waals surface area contributed by atoms with Crippen molar-refractivity contribution in [1.82, 2.24) is 14.8 Å². The number of barbiturate groups is 1. The Hall–Kier alpha value is -3.93. The van der Waals surface area contributed by atoms with E-state index in [0.717, 1.165) is 33.1 Å². The van der Waals surface area contributed by atoms with Crippen LogP contribution in [-0.4, -0.2) is 27.3 Å². The number of carbonyl (C=O) groups is 3. The molecule has 2 aromatic carbocycles. The standard InChI is InChI=1S/C30H31N3O3/c1-20-17-25(21(2)33(20)26-15-13-24(14-16-26)23-11-7-4-8-12-23)18-27-28(34)31-30(36)32(29(27)35)19-22-9-5-3-6-10-22/h3,5-6,9-10,13-18,23H,4,7-8,11-12,19H2,1-2H3,(H,31,34,36)/b27-18-. The Morgan fingerprint density at radius 3 is 2.31 bits per heavy atom. The first-order chi connectivity index (χ1) is 17.4. The predicted octanol–water partition coefficient (Wildman–Crippen LogP) is 5.80. The molecule has 4 amide bonds. The number of urea groups is 1. The topological polar surface area (TPSA) is 71.4 Å². The quantitative estimate of drug-likeness (QED) is 0.370. The minimum Gasteiger partial charge on any atom is -0.318 e. The molecule has 1 saturated carbocycles. The van der Waals surface area contributed by atoms with Gasteiger partial charge in [-0.3, -0.25) is 19.8 Å². The smallest absolute Gasteiger partial charge is 0.318 e. The van der Waals surface area contributed by atoms with Gasteiger partial charge < -0.3 is 4.57 Å². The number of aryl methyl sites for hydroxylation is 1. The van der Waals surface area contributed by atoms with Crippen LogP contribution in [-0.2, 0) is 16.1 Å². The lowest BCUT2D eigenvalue weighted by Crippen LogP contribution is -2.53. The van der Waals surface area contributed by atoms with Crippen LogP contribution in [0.2, 0.25) is 0 Å². The second kappa shape index (κ2) is 9.97. The number of nitrogens with one attached hydrogen (secondary N) is 1. The highest BCUT2D eigenvalue weighted by Crippen LogP contribution is 2.33. The van der Waals surface area contributed by atoms with Gasteiger partial charge in [0.15, 0.2) is 0 Å². The maximum Gasteiger partial charge on any atom is 0.331 e. The van der Waals surface area contributed by atoms with E-state index >= 15 is 0 Å². The van der Waals surface area contributed by atoms with Gasteiger partial charge in [0, 0.05) is 17.1 Å². The molecule has 184 valence electrons. The molecule has 36 heavy (non-hydrogen) atoms. The van der Waals surface area contributed by atoms with Crippen molar-refractivity contribution in [2.75, 3.05) is 0 Å². The van der Waals surface area contributed by atoms with Crippen LogP contribution in [0.1, 0.15) is 66.1 Å². The fraction of sp³-hybridized carbons (Fsp3) is 0.300. The molecule has 0 spiro atoms. The molecule has 0 atom stereocenters. The third kappa shape index (κ3) is 4.63. The summed E-state index contributed by atoms with van der Waals surface area (Å²) in [5.74, 6) is -0.609. The Morgan fingerprint density at radius 2 is 1.61 bits per heavy atom. The highest BCUT2D eigenvalue weighted by molar-refractivity contribution is 6.31. The van der Waals surface area contributed by atoms with E-state index in [-0.39, 0.29) is 12.1 Å². The lowest BCUT2D eigenvalue weighted by Gasteiger charge is -2.26. The van der Waals surface area contributed by atoms with Crippen molar-refractivity contribution in [2.45, 2.75) is 58.4 Å². The van der Waals surface area contributed by atoms with Crippen molar-refractivity contribution in [3.8, 4) is 5.69 Å². The molecule has 1 aromatic heterocycles. The van der Waals surface area contributed by atoms with E-state index in [0.29, 0.717) is 5.92 Å². The van der Waals surface area contributed by atoms with Gasteiger partial charge in [0.05, 0.1) is 6.54 Å². The fourth-order valence-corrected chi connectivity index (χ4v) is 5.42. The highest BCUT2D eigenvalue weighted by Gasteiger charge is 2.36. The summed E-state index contributed by atoms with van der Waals surface area (Å²) in [4.78, 5) is 39.3. The number of imide groups is 2. The first-order valence-corrected chi connectivity index (χ1v) is 12.6. The van der Waals surface area contributed by atoms with Crippen LogP contribution >= 0.6 is 0 Å². The Kier molecular flexibility index (Phi) is 6.59. The van der Waals surface area contributed by atoms with Crippen LogP contribution in [0.25, 0.3) is 11.8 Å². The van der Waals surface area contributed by atoms with Crippen molar-refractivity contribution in [2.24, 2.45) is 0 Å². The normalized spacial score (nSPS) is 18.1. The number of hydrogen-bond acceptors (Lipinski definition) is 3. The van der Waals surface area contributed by atoms with Crippen molar-refractivity contribution in [3.63, 3.8) is 0 Å². The van der Waals surface area contributed by atoms with Crippen LogP contribution < -0.4 is 5.32 Å². The largest absolute Gasteiger partial charge is 0.331 e. The molecule has 6 heteroatoms. The number of aromatic nitrogens is 1. The van der Waals surface area contributed by atoms with Crippen LogP contribution in [0.3, 0.4) is 0 Å². The van der Waals surface area contributed by atoms with Gasteiger partial charge >= 0.3 is 6.03 Å². The molecule has 0 bridgehead atoms. The zero-order valence-corrected chi connectivity index (χ0v) is 20.8. The SMILES string of the molecule is Cc1cc(/C=C2/C(=O)NC(=O)N(Cc3ccccc3)C2=O)c(C)n1-c1ccc(C2CCCCC2)cc1. The first kappa shape index (κ1) is 23.8. The molecular weight excluding hydrogens is 450 g/mol. The van der Waals surface area contributed by atoms with Gasteiger partial charge in [0.1, 0.15) is 5.57 Å². The molecule has 6 nitrogen and oxygen atoms in total. The van der Waals surface area contributed by atoms with Crippen LogP contribution in [0.4, 0.5) is 4.79 Å². The molecule has 1 aliphatic carbocycles. The third-order valence-electron chi connectivity index (χ3n) is 7.37. The molecular formula is C30H31N3O3. The van der Waals surface area contributed by atoms with Crippen molar-refractivity contribution in [3.05, 3.63) is 94.3 Å². The summed E-state index contributed by atoms with van der Waals surface area (Å²) in [6, 6.07) is 19.3. The summed E-state index contributed by atoms with van der Waals surface area (Å²) in [7, 11) is 0. The molecule has 2 aliphatic rings. The van der Waals surface area contributed by atoms with Crippen molar-refractivity contribution in [1.29, 1.82) is 0 Å². The van der Waals surface area contributed by atoms with E-state index in [4.69, 9.17) is 0 Å². The zero-order valence-electron chi connectivity index (χ0n) is 20.8.